The maximum Gasteiger partial charge on any atom is 0.309 e. The van der Waals surface area contributed by atoms with Gasteiger partial charge in [0.1, 0.15) is 0 Å². The molecule has 1 heterocycles. The first-order chi connectivity index (χ1) is 6.72. The number of ether oxygens (including phenoxy) is 1. The van der Waals surface area contributed by atoms with Crippen molar-refractivity contribution >= 4 is 17.3 Å². The summed E-state index contributed by atoms with van der Waals surface area (Å²) in [6.45, 7) is 0.716. The van der Waals surface area contributed by atoms with E-state index in [-0.39, 0.29) is 6.42 Å². The molecule has 1 rings (SSSR count). The smallest absolute Gasteiger partial charge is 0.309 e. The quantitative estimate of drug-likeness (QED) is 0.728. The lowest BCUT2D eigenvalue weighted by molar-refractivity contribution is -0.136. The van der Waals surface area contributed by atoms with Gasteiger partial charge in [0.2, 0.25) is 0 Å². The van der Waals surface area contributed by atoms with Crippen molar-refractivity contribution in [3.63, 3.8) is 0 Å². The van der Waals surface area contributed by atoms with Gasteiger partial charge in [0, 0.05) is 25.5 Å². The number of rotatable bonds is 6. The van der Waals surface area contributed by atoms with Crippen molar-refractivity contribution in [3.8, 4) is 0 Å². The first kappa shape index (κ1) is 11.1. The van der Waals surface area contributed by atoms with E-state index in [1.165, 1.54) is 11.3 Å². The van der Waals surface area contributed by atoms with Gasteiger partial charge in [0.25, 0.3) is 0 Å². The summed E-state index contributed by atoms with van der Waals surface area (Å²) in [4.78, 5) is 14.6. The van der Waals surface area contributed by atoms with E-state index in [0.717, 1.165) is 17.8 Å². The third-order valence-corrected chi connectivity index (χ3v) is 2.63. The molecule has 5 heteroatoms. The lowest BCUT2D eigenvalue weighted by Crippen LogP contribution is -2.00. The molecule has 0 saturated heterocycles. The van der Waals surface area contributed by atoms with Gasteiger partial charge in [0.15, 0.2) is 0 Å². The monoisotopic (exact) mass is 215 g/mol. The molecule has 0 aliphatic heterocycles. The van der Waals surface area contributed by atoms with Gasteiger partial charge in [0.05, 0.1) is 17.1 Å². The highest BCUT2D eigenvalue weighted by molar-refractivity contribution is 7.09. The third-order valence-electron chi connectivity index (χ3n) is 1.67. The van der Waals surface area contributed by atoms with Crippen molar-refractivity contribution in [2.45, 2.75) is 19.3 Å². The van der Waals surface area contributed by atoms with Crippen molar-refractivity contribution < 1.29 is 14.6 Å². The zero-order valence-corrected chi connectivity index (χ0v) is 8.84. The normalized spacial score (nSPS) is 10.4. The van der Waals surface area contributed by atoms with Crippen LogP contribution in [0.1, 0.15) is 17.1 Å². The predicted molar refractivity (Wildman–Crippen MR) is 53.7 cm³/mol. The summed E-state index contributed by atoms with van der Waals surface area (Å²) in [7, 11) is 1.66. The molecule has 0 saturated carbocycles. The molecule has 4 nitrogen and oxygen atoms in total. The summed E-state index contributed by atoms with van der Waals surface area (Å²) < 4.78 is 4.92. The molecule has 0 atom stereocenters. The van der Waals surface area contributed by atoms with Crippen molar-refractivity contribution in [1.82, 2.24) is 4.98 Å². The SMILES string of the molecule is COCCCc1nc(CC(=O)O)cs1. The molecule has 0 aliphatic carbocycles. The van der Waals surface area contributed by atoms with Crippen LogP contribution in [0.25, 0.3) is 0 Å². The number of hydrogen-bond donors (Lipinski definition) is 1. The minimum absolute atomic E-state index is 0.0147. The van der Waals surface area contributed by atoms with Crippen LogP contribution in [0.5, 0.6) is 0 Å². The minimum atomic E-state index is -0.834. The topological polar surface area (TPSA) is 59.4 Å². The molecule has 1 aromatic heterocycles. The van der Waals surface area contributed by atoms with E-state index in [4.69, 9.17) is 9.84 Å². The highest BCUT2D eigenvalue weighted by Crippen LogP contribution is 2.12. The van der Waals surface area contributed by atoms with E-state index < -0.39 is 5.97 Å². The maximum atomic E-state index is 10.4. The maximum absolute atomic E-state index is 10.4. The Balaban J connectivity index is 2.38. The highest BCUT2D eigenvalue weighted by Gasteiger charge is 2.05. The third kappa shape index (κ3) is 3.85. The first-order valence-electron chi connectivity index (χ1n) is 4.36. The summed E-state index contributed by atoms with van der Waals surface area (Å²) in [5, 5.41) is 11.3. The van der Waals surface area contributed by atoms with Crippen LogP contribution in [-0.4, -0.2) is 29.8 Å². The summed E-state index contributed by atoms with van der Waals surface area (Å²) in [5.74, 6) is -0.834. The van der Waals surface area contributed by atoms with Crippen LogP contribution in [-0.2, 0) is 22.4 Å². The summed E-state index contributed by atoms with van der Waals surface area (Å²) in [6.07, 6.45) is 1.80. The van der Waals surface area contributed by atoms with Crippen LogP contribution in [0.4, 0.5) is 0 Å². The molecule has 0 radical (unpaired) electrons. The van der Waals surface area contributed by atoms with Gasteiger partial charge in [-0.25, -0.2) is 4.98 Å². The van der Waals surface area contributed by atoms with E-state index in [9.17, 15) is 4.79 Å². The zero-order chi connectivity index (χ0) is 10.4. The van der Waals surface area contributed by atoms with Gasteiger partial charge in [-0.05, 0) is 6.42 Å². The molecular formula is C9H13NO3S. The van der Waals surface area contributed by atoms with Crippen LogP contribution >= 0.6 is 11.3 Å². The minimum Gasteiger partial charge on any atom is -0.481 e. The lowest BCUT2D eigenvalue weighted by atomic mass is 10.3. The second-order valence-corrected chi connectivity index (χ2v) is 3.84. The highest BCUT2D eigenvalue weighted by atomic mass is 32.1. The summed E-state index contributed by atoms with van der Waals surface area (Å²) in [6, 6.07) is 0. The van der Waals surface area contributed by atoms with Crippen molar-refractivity contribution in [3.05, 3.63) is 16.1 Å². The number of carboxylic acid groups (broad SMARTS) is 1. The Kier molecular flexibility index (Phi) is 4.55. The molecule has 0 fully saturated rings. The van der Waals surface area contributed by atoms with Crippen LogP contribution in [0.15, 0.2) is 5.38 Å². The Bertz CT molecular complexity index is 298. The largest absolute Gasteiger partial charge is 0.481 e. The van der Waals surface area contributed by atoms with E-state index in [0.29, 0.717) is 12.3 Å². The summed E-state index contributed by atoms with van der Waals surface area (Å²) >= 11 is 1.51. The predicted octanol–water partition coefficient (Wildman–Crippen LogP) is 1.35. The number of nitrogens with zero attached hydrogens (tertiary/aromatic N) is 1. The number of thiazole rings is 1. The Morgan fingerprint density at radius 3 is 3.14 bits per heavy atom. The van der Waals surface area contributed by atoms with Gasteiger partial charge in [-0.1, -0.05) is 0 Å². The molecule has 1 N–H and O–H groups in total. The average molecular weight is 215 g/mol. The van der Waals surface area contributed by atoms with Crippen LogP contribution in [0, 0.1) is 0 Å². The van der Waals surface area contributed by atoms with Crippen LogP contribution in [0.2, 0.25) is 0 Å². The molecule has 14 heavy (non-hydrogen) atoms. The fourth-order valence-electron chi connectivity index (χ4n) is 1.07. The molecule has 1 aromatic rings. The zero-order valence-electron chi connectivity index (χ0n) is 8.02. The molecule has 0 bridgehead atoms. The number of aliphatic carboxylic acids is 1. The van der Waals surface area contributed by atoms with E-state index in [1.807, 2.05) is 0 Å². The number of carboxylic acids is 1. The van der Waals surface area contributed by atoms with E-state index in [1.54, 1.807) is 12.5 Å². The van der Waals surface area contributed by atoms with E-state index in [2.05, 4.69) is 4.98 Å². The average Bonchev–Trinajstić information content (AvgIpc) is 2.52. The van der Waals surface area contributed by atoms with Gasteiger partial charge in [-0.15, -0.1) is 11.3 Å². The summed E-state index contributed by atoms with van der Waals surface area (Å²) in [5.41, 5.74) is 0.648. The molecule has 0 aliphatic rings. The number of methoxy groups -OCH3 is 1. The van der Waals surface area contributed by atoms with Crippen molar-refractivity contribution in [2.75, 3.05) is 13.7 Å². The lowest BCUT2D eigenvalue weighted by Gasteiger charge is -1.95. The Labute approximate surface area is 86.6 Å². The Morgan fingerprint density at radius 1 is 1.71 bits per heavy atom. The van der Waals surface area contributed by atoms with Crippen molar-refractivity contribution in [1.29, 1.82) is 0 Å². The van der Waals surface area contributed by atoms with Crippen LogP contribution < -0.4 is 0 Å². The first-order valence-corrected chi connectivity index (χ1v) is 5.24. The Morgan fingerprint density at radius 2 is 2.50 bits per heavy atom. The van der Waals surface area contributed by atoms with Gasteiger partial charge in [-0.3, -0.25) is 4.79 Å². The second-order valence-electron chi connectivity index (χ2n) is 2.90. The molecule has 0 unspecified atom stereocenters. The van der Waals surface area contributed by atoms with Gasteiger partial charge < -0.3 is 9.84 Å². The van der Waals surface area contributed by atoms with Gasteiger partial charge in [-0.2, -0.15) is 0 Å². The van der Waals surface area contributed by atoms with Gasteiger partial charge >= 0.3 is 5.97 Å². The number of carbonyl (C=O) groups is 1. The van der Waals surface area contributed by atoms with E-state index >= 15 is 0 Å². The fraction of sp³-hybridized carbons (Fsp3) is 0.556. The van der Waals surface area contributed by atoms with Crippen molar-refractivity contribution in [2.24, 2.45) is 0 Å². The second kappa shape index (κ2) is 5.72. The van der Waals surface area contributed by atoms with Crippen LogP contribution in [0.3, 0.4) is 0 Å². The number of hydrogen-bond acceptors (Lipinski definition) is 4. The fourth-order valence-corrected chi connectivity index (χ4v) is 1.91. The molecule has 0 spiro atoms. The molecular weight excluding hydrogens is 202 g/mol. The number of aryl methyl sites for hydroxylation is 1. The number of aromatic nitrogens is 1. The standard InChI is InChI=1S/C9H13NO3S/c1-13-4-2-3-8-10-7(6-14-8)5-9(11)12/h6H,2-5H2,1H3,(H,11,12). The molecule has 78 valence electrons. The molecule has 0 amide bonds. The molecule has 0 aromatic carbocycles. The Hall–Kier alpha value is -0.940.